The zero-order valence-corrected chi connectivity index (χ0v) is 12.6. The van der Waals surface area contributed by atoms with Gasteiger partial charge in [0.1, 0.15) is 5.60 Å². The highest BCUT2D eigenvalue weighted by atomic mass is 16.5. The zero-order valence-electron chi connectivity index (χ0n) is 12.6. The van der Waals surface area contributed by atoms with E-state index in [9.17, 15) is 0 Å². The number of benzene rings is 1. The number of rotatable bonds is 2. The van der Waals surface area contributed by atoms with E-state index < -0.39 is 0 Å². The minimum absolute atomic E-state index is 0.105. The molecule has 1 saturated heterocycles. The second-order valence-electron chi connectivity index (χ2n) is 5.91. The molecule has 0 unspecified atom stereocenters. The molecular formula is C16H24NO3+. The van der Waals surface area contributed by atoms with E-state index in [4.69, 9.17) is 14.2 Å². The molecule has 2 aliphatic heterocycles. The Balaban J connectivity index is 2.03. The van der Waals surface area contributed by atoms with Crippen LogP contribution in [0.5, 0.6) is 11.5 Å². The van der Waals surface area contributed by atoms with E-state index in [0.29, 0.717) is 0 Å². The van der Waals surface area contributed by atoms with Crippen molar-refractivity contribution >= 4 is 0 Å². The predicted octanol–water partition coefficient (Wildman–Crippen LogP) is 0.780. The number of fused-ring (bicyclic) bond motifs is 2. The Morgan fingerprint density at radius 2 is 1.75 bits per heavy atom. The Morgan fingerprint density at radius 1 is 1.10 bits per heavy atom. The summed E-state index contributed by atoms with van der Waals surface area (Å²) >= 11 is 0. The molecular weight excluding hydrogens is 254 g/mol. The first-order chi connectivity index (χ1) is 9.68. The van der Waals surface area contributed by atoms with Gasteiger partial charge in [0.05, 0.1) is 41.0 Å². The number of hydrogen-bond acceptors (Lipinski definition) is 3. The van der Waals surface area contributed by atoms with Crippen molar-refractivity contribution in [2.75, 3.05) is 41.0 Å². The average molecular weight is 278 g/mol. The van der Waals surface area contributed by atoms with Crippen molar-refractivity contribution in [1.82, 2.24) is 0 Å². The Bertz CT molecular complexity index is 493. The molecule has 2 heterocycles. The standard InChI is InChI=1S/C16H23NO3/c1-17-7-5-16(6-8-17)13-11-15(19-3)14(18-2)10-12(13)4-9-20-16/h10-11H,4-9H2,1-3H3/p+1. The minimum Gasteiger partial charge on any atom is -0.493 e. The highest BCUT2D eigenvalue weighted by Crippen LogP contribution is 2.43. The first-order valence-corrected chi connectivity index (χ1v) is 7.39. The highest BCUT2D eigenvalue weighted by Gasteiger charge is 2.42. The van der Waals surface area contributed by atoms with Crippen LogP contribution in [0.15, 0.2) is 12.1 Å². The van der Waals surface area contributed by atoms with E-state index in [0.717, 1.165) is 50.5 Å². The Labute approximate surface area is 120 Å². The van der Waals surface area contributed by atoms with Crippen molar-refractivity contribution in [1.29, 1.82) is 0 Å². The normalized spacial score (nSPS) is 29.1. The summed E-state index contributed by atoms with van der Waals surface area (Å²) in [7, 11) is 5.64. The molecule has 1 aromatic rings. The van der Waals surface area contributed by atoms with Gasteiger partial charge in [-0.1, -0.05) is 0 Å². The summed E-state index contributed by atoms with van der Waals surface area (Å²) in [5, 5.41) is 0. The number of quaternary nitrogens is 1. The fraction of sp³-hybridized carbons (Fsp3) is 0.625. The van der Waals surface area contributed by atoms with Crippen LogP contribution in [0.3, 0.4) is 0 Å². The maximum absolute atomic E-state index is 6.24. The molecule has 0 saturated carbocycles. The molecule has 4 heteroatoms. The van der Waals surface area contributed by atoms with E-state index in [2.05, 4.69) is 19.2 Å². The summed E-state index contributed by atoms with van der Waals surface area (Å²) in [4.78, 5) is 1.59. The van der Waals surface area contributed by atoms with Crippen LogP contribution >= 0.6 is 0 Å². The molecule has 1 fully saturated rings. The number of likely N-dealkylation sites (tertiary alicyclic amines) is 1. The van der Waals surface area contributed by atoms with E-state index in [-0.39, 0.29) is 5.60 Å². The second kappa shape index (κ2) is 5.26. The lowest BCUT2D eigenvalue weighted by Crippen LogP contribution is -3.10. The summed E-state index contributed by atoms with van der Waals surface area (Å²) < 4.78 is 17.1. The Morgan fingerprint density at radius 3 is 2.40 bits per heavy atom. The first-order valence-electron chi connectivity index (χ1n) is 7.39. The molecule has 2 aliphatic rings. The SMILES string of the molecule is COc1cc2c(cc1OC)C1(CC[NH+](C)CC1)OCC2. The van der Waals surface area contributed by atoms with E-state index >= 15 is 0 Å². The minimum atomic E-state index is -0.105. The van der Waals surface area contributed by atoms with Crippen LogP contribution in [-0.4, -0.2) is 41.0 Å². The smallest absolute Gasteiger partial charge is 0.161 e. The van der Waals surface area contributed by atoms with Crippen LogP contribution in [0.2, 0.25) is 0 Å². The van der Waals surface area contributed by atoms with Crippen LogP contribution in [0.1, 0.15) is 24.0 Å². The van der Waals surface area contributed by atoms with Gasteiger partial charge in [0.15, 0.2) is 11.5 Å². The van der Waals surface area contributed by atoms with Crippen LogP contribution in [-0.2, 0) is 16.8 Å². The van der Waals surface area contributed by atoms with E-state index in [1.165, 1.54) is 11.1 Å². The van der Waals surface area contributed by atoms with Crippen LogP contribution in [0.4, 0.5) is 0 Å². The fourth-order valence-electron chi connectivity index (χ4n) is 3.48. The third kappa shape index (κ3) is 2.17. The van der Waals surface area contributed by atoms with Crippen molar-refractivity contribution in [2.24, 2.45) is 0 Å². The largest absolute Gasteiger partial charge is 0.493 e. The maximum Gasteiger partial charge on any atom is 0.161 e. The molecule has 0 radical (unpaired) electrons. The van der Waals surface area contributed by atoms with Gasteiger partial charge in [-0.05, 0) is 29.7 Å². The molecule has 0 bridgehead atoms. The maximum atomic E-state index is 6.24. The third-order valence-corrected chi connectivity index (χ3v) is 4.76. The molecule has 0 atom stereocenters. The van der Waals surface area contributed by atoms with E-state index in [1.54, 1.807) is 19.1 Å². The van der Waals surface area contributed by atoms with Gasteiger partial charge in [-0.3, -0.25) is 0 Å². The molecule has 4 nitrogen and oxygen atoms in total. The molecule has 3 rings (SSSR count). The van der Waals surface area contributed by atoms with Crippen molar-refractivity contribution in [3.63, 3.8) is 0 Å². The van der Waals surface area contributed by atoms with Crippen molar-refractivity contribution in [2.45, 2.75) is 24.9 Å². The molecule has 1 spiro atoms. The number of nitrogens with one attached hydrogen (secondary N) is 1. The summed E-state index contributed by atoms with van der Waals surface area (Å²) in [5.41, 5.74) is 2.56. The average Bonchev–Trinajstić information content (AvgIpc) is 2.49. The highest BCUT2D eigenvalue weighted by molar-refractivity contribution is 5.50. The first kappa shape index (κ1) is 13.7. The quantitative estimate of drug-likeness (QED) is 0.868. The van der Waals surface area contributed by atoms with Gasteiger partial charge in [0.2, 0.25) is 0 Å². The van der Waals surface area contributed by atoms with Gasteiger partial charge in [0, 0.05) is 12.8 Å². The number of hydrogen-bond donors (Lipinski definition) is 1. The van der Waals surface area contributed by atoms with Crippen molar-refractivity contribution in [3.8, 4) is 11.5 Å². The third-order valence-electron chi connectivity index (χ3n) is 4.76. The van der Waals surface area contributed by atoms with Crippen LogP contribution in [0.25, 0.3) is 0 Å². The molecule has 20 heavy (non-hydrogen) atoms. The Hall–Kier alpha value is -1.26. The van der Waals surface area contributed by atoms with Gasteiger partial charge in [-0.25, -0.2) is 0 Å². The van der Waals surface area contributed by atoms with Gasteiger partial charge >= 0.3 is 0 Å². The summed E-state index contributed by atoms with van der Waals surface area (Å²) in [6.45, 7) is 3.13. The van der Waals surface area contributed by atoms with Crippen LogP contribution < -0.4 is 14.4 Å². The number of methoxy groups -OCH3 is 2. The van der Waals surface area contributed by atoms with Crippen LogP contribution in [0, 0.1) is 0 Å². The van der Waals surface area contributed by atoms with Gasteiger partial charge in [0.25, 0.3) is 0 Å². The molecule has 1 N–H and O–H groups in total. The molecule has 0 aliphatic carbocycles. The topological polar surface area (TPSA) is 32.1 Å². The molecule has 110 valence electrons. The van der Waals surface area contributed by atoms with E-state index in [1.807, 2.05) is 0 Å². The second-order valence-corrected chi connectivity index (χ2v) is 5.91. The lowest BCUT2D eigenvalue weighted by molar-refractivity contribution is -0.887. The Kier molecular flexibility index (Phi) is 3.61. The van der Waals surface area contributed by atoms with Gasteiger partial charge in [-0.2, -0.15) is 0 Å². The van der Waals surface area contributed by atoms with Crippen molar-refractivity contribution in [3.05, 3.63) is 23.3 Å². The van der Waals surface area contributed by atoms with Crippen molar-refractivity contribution < 1.29 is 19.1 Å². The zero-order chi connectivity index (χ0) is 14.2. The lowest BCUT2D eigenvalue weighted by Gasteiger charge is -2.43. The van der Waals surface area contributed by atoms with Gasteiger partial charge < -0.3 is 19.1 Å². The summed E-state index contributed by atoms with van der Waals surface area (Å²) in [6.07, 6.45) is 3.13. The number of ether oxygens (including phenoxy) is 3. The molecule has 0 amide bonds. The number of piperidine rings is 1. The van der Waals surface area contributed by atoms with Gasteiger partial charge in [-0.15, -0.1) is 0 Å². The molecule has 0 aromatic heterocycles. The summed E-state index contributed by atoms with van der Waals surface area (Å²) in [6, 6.07) is 4.26. The monoisotopic (exact) mass is 278 g/mol. The summed E-state index contributed by atoms with van der Waals surface area (Å²) in [5.74, 6) is 1.63. The predicted molar refractivity (Wildman–Crippen MR) is 76.7 cm³/mol. The molecule has 1 aromatic carbocycles. The fourth-order valence-corrected chi connectivity index (χ4v) is 3.48. The lowest BCUT2D eigenvalue weighted by atomic mass is 9.79.